The molecular formula is C30H26O6. The molecule has 36 heavy (non-hydrogen) atoms. The lowest BCUT2D eigenvalue weighted by Crippen LogP contribution is -2.08. The average molecular weight is 483 g/mol. The molecular weight excluding hydrogens is 456 g/mol. The van der Waals surface area contributed by atoms with Crippen molar-refractivity contribution in [2.45, 2.75) is 25.7 Å². The summed E-state index contributed by atoms with van der Waals surface area (Å²) in [4.78, 5) is 0. The lowest BCUT2D eigenvalue weighted by Gasteiger charge is -2.26. The van der Waals surface area contributed by atoms with E-state index in [1.54, 1.807) is 38.5 Å². The summed E-state index contributed by atoms with van der Waals surface area (Å²) < 4.78 is 17.3. The van der Waals surface area contributed by atoms with Gasteiger partial charge in [0.05, 0.1) is 14.2 Å². The minimum atomic E-state index is 0.0145. The maximum absolute atomic E-state index is 10.9. The van der Waals surface area contributed by atoms with Gasteiger partial charge in [-0.25, -0.2) is 0 Å². The fraction of sp³-hybridized carbons (Fsp3) is 0.200. The highest BCUT2D eigenvalue weighted by molar-refractivity contribution is 5.83. The second-order valence-electron chi connectivity index (χ2n) is 9.22. The van der Waals surface area contributed by atoms with E-state index < -0.39 is 0 Å². The summed E-state index contributed by atoms with van der Waals surface area (Å²) in [6.07, 6.45) is 2.93. The van der Waals surface area contributed by atoms with E-state index in [2.05, 4.69) is 0 Å². The fourth-order valence-electron chi connectivity index (χ4n) is 5.53. The third-order valence-corrected chi connectivity index (χ3v) is 7.18. The fourth-order valence-corrected chi connectivity index (χ4v) is 5.53. The molecule has 0 aliphatic heterocycles. The minimum Gasteiger partial charge on any atom is -0.508 e. The van der Waals surface area contributed by atoms with E-state index in [0.29, 0.717) is 35.8 Å². The highest BCUT2D eigenvalue weighted by Gasteiger charge is 2.27. The number of hydrogen-bond donors (Lipinski definition) is 3. The predicted octanol–water partition coefficient (Wildman–Crippen LogP) is 6.14. The third kappa shape index (κ3) is 3.49. The van der Waals surface area contributed by atoms with Crippen LogP contribution in [0.1, 0.15) is 22.3 Å². The smallest absolute Gasteiger partial charge is 0.173 e. The number of phenols is 3. The number of phenolic OH excluding ortho intramolecular Hbond substituents is 3. The third-order valence-electron chi connectivity index (χ3n) is 7.18. The van der Waals surface area contributed by atoms with E-state index in [1.165, 1.54) is 0 Å². The van der Waals surface area contributed by atoms with E-state index in [9.17, 15) is 15.3 Å². The van der Waals surface area contributed by atoms with Crippen molar-refractivity contribution in [3.8, 4) is 62.5 Å². The SMILES string of the molecule is COc1cc(O)c2c(c1)CCc1cc(Oc3c(O)cc(OC)c4c3CCc3cc(O)ccc3-4)ccc1-2. The average Bonchev–Trinajstić information content (AvgIpc) is 2.89. The van der Waals surface area contributed by atoms with Gasteiger partial charge < -0.3 is 29.5 Å². The molecule has 2 aliphatic carbocycles. The van der Waals surface area contributed by atoms with Crippen molar-refractivity contribution < 1.29 is 29.5 Å². The molecule has 0 fully saturated rings. The number of fused-ring (bicyclic) bond motifs is 6. The minimum absolute atomic E-state index is 0.0145. The molecule has 3 N–H and O–H groups in total. The van der Waals surface area contributed by atoms with Crippen LogP contribution in [0.25, 0.3) is 22.3 Å². The number of rotatable bonds is 4. The Bertz CT molecular complexity index is 1520. The largest absolute Gasteiger partial charge is 0.508 e. The Morgan fingerprint density at radius 2 is 1.31 bits per heavy atom. The first-order valence-corrected chi connectivity index (χ1v) is 11.9. The number of aryl methyl sites for hydroxylation is 3. The molecule has 0 saturated heterocycles. The molecule has 4 aromatic carbocycles. The number of aromatic hydroxyl groups is 3. The Hall–Kier alpha value is -4.32. The lowest BCUT2D eigenvalue weighted by atomic mass is 9.84. The molecule has 0 aromatic heterocycles. The van der Waals surface area contributed by atoms with Gasteiger partial charge in [0, 0.05) is 28.8 Å². The Morgan fingerprint density at radius 3 is 2.11 bits per heavy atom. The molecule has 6 rings (SSSR count). The molecule has 2 aliphatic rings. The van der Waals surface area contributed by atoms with Gasteiger partial charge in [-0.3, -0.25) is 0 Å². The van der Waals surface area contributed by atoms with Gasteiger partial charge in [-0.15, -0.1) is 0 Å². The van der Waals surface area contributed by atoms with Crippen LogP contribution in [0, 0.1) is 0 Å². The van der Waals surface area contributed by atoms with Crippen LogP contribution in [0.2, 0.25) is 0 Å². The van der Waals surface area contributed by atoms with Crippen LogP contribution in [-0.4, -0.2) is 29.5 Å². The zero-order valence-corrected chi connectivity index (χ0v) is 20.1. The van der Waals surface area contributed by atoms with E-state index in [1.807, 2.05) is 30.3 Å². The molecule has 0 atom stereocenters. The monoisotopic (exact) mass is 482 g/mol. The van der Waals surface area contributed by atoms with Crippen LogP contribution in [0.4, 0.5) is 0 Å². The van der Waals surface area contributed by atoms with Gasteiger partial charge in [-0.1, -0.05) is 12.1 Å². The Labute approximate surface area is 209 Å². The molecule has 4 aromatic rings. The second-order valence-corrected chi connectivity index (χ2v) is 9.22. The van der Waals surface area contributed by atoms with Crippen LogP contribution < -0.4 is 14.2 Å². The summed E-state index contributed by atoms with van der Waals surface area (Å²) in [7, 11) is 3.17. The maximum atomic E-state index is 10.9. The van der Waals surface area contributed by atoms with Crippen molar-refractivity contribution in [1.82, 2.24) is 0 Å². The maximum Gasteiger partial charge on any atom is 0.173 e. The van der Waals surface area contributed by atoms with Gasteiger partial charge in [0.15, 0.2) is 11.5 Å². The number of ether oxygens (including phenoxy) is 3. The standard InChI is InChI=1S/C30H26O6/c1-34-21-13-18-4-3-17-12-20(7-10-22(17)28(18)25(32)14-21)36-30-24-8-5-16-11-19(31)6-9-23(16)29(24)27(35-2)15-26(30)33/h6-7,9-15,31-33H,3-5,8H2,1-2H3. The highest BCUT2D eigenvalue weighted by Crippen LogP contribution is 2.50. The summed E-state index contributed by atoms with van der Waals surface area (Å²) in [5, 5.41) is 31.5. The van der Waals surface area contributed by atoms with Gasteiger partial charge in [-0.2, -0.15) is 0 Å². The van der Waals surface area contributed by atoms with Crippen LogP contribution in [0.5, 0.6) is 40.2 Å². The molecule has 0 unspecified atom stereocenters. The molecule has 0 spiro atoms. The Balaban J connectivity index is 1.42. The van der Waals surface area contributed by atoms with Crippen LogP contribution in [0.15, 0.2) is 54.6 Å². The van der Waals surface area contributed by atoms with Crippen molar-refractivity contribution in [1.29, 1.82) is 0 Å². The molecule has 0 bridgehead atoms. The molecule has 182 valence electrons. The lowest BCUT2D eigenvalue weighted by molar-refractivity contribution is 0.388. The van der Waals surface area contributed by atoms with Gasteiger partial charge in [0.1, 0.15) is 28.7 Å². The highest BCUT2D eigenvalue weighted by atomic mass is 16.5. The number of hydrogen-bond acceptors (Lipinski definition) is 6. The van der Waals surface area contributed by atoms with Crippen molar-refractivity contribution in [2.24, 2.45) is 0 Å². The zero-order valence-electron chi connectivity index (χ0n) is 20.1. The Kier molecular flexibility index (Phi) is 5.18. The van der Waals surface area contributed by atoms with E-state index in [4.69, 9.17) is 14.2 Å². The first-order valence-electron chi connectivity index (χ1n) is 11.9. The summed E-state index contributed by atoms with van der Waals surface area (Å²) >= 11 is 0. The van der Waals surface area contributed by atoms with Crippen LogP contribution >= 0.6 is 0 Å². The first-order chi connectivity index (χ1) is 17.5. The summed E-state index contributed by atoms with van der Waals surface area (Å²) in [5.74, 6) is 2.68. The second kappa shape index (κ2) is 8.41. The Morgan fingerprint density at radius 1 is 0.611 bits per heavy atom. The summed E-state index contributed by atoms with van der Waals surface area (Å²) in [6.45, 7) is 0. The van der Waals surface area contributed by atoms with Crippen molar-refractivity contribution >= 4 is 0 Å². The molecule has 0 saturated carbocycles. The molecule has 6 heteroatoms. The van der Waals surface area contributed by atoms with E-state index >= 15 is 0 Å². The summed E-state index contributed by atoms with van der Waals surface area (Å²) in [6, 6.07) is 16.3. The van der Waals surface area contributed by atoms with E-state index in [-0.39, 0.29) is 17.2 Å². The van der Waals surface area contributed by atoms with E-state index in [0.717, 1.165) is 57.3 Å². The molecule has 0 radical (unpaired) electrons. The van der Waals surface area contributed by atoms with Crippen molar-refractivity contribution in [3.05, 3.63) is 76.9 Å². The quantitative estimate of drug-likeness (QED) is 0.324. The van der Waals surface area contributed by atoms with Crippen LogP contribution in [-0.2, 0) is 25.7 Å². The number of benzene rings is 4. The topological polar surface area (TPSA) is 88.4 Å². The molecule has 0 heterocycles. The van der Waals surface area contributed by atoms with Gasteiger partial charge in [-0.05, 0) is 83.8 Å². The molecule has 6 nitrogen and oxygen atoms in total. The molecule has 0 amide bonds. The van der Waals surface area contributed by atoms with Crippen molar-refractivity contribution in [2.75, 3.05) is 14.2 Å². The normalized spacial score (nSPS) is 13.2. The number of methoxy groups -OCH3 is 2. The van der Waals surface area contributed by atoms with Crippen molar-refractivity contribution in [3.63, 3.8) is 0 Å². The zero-order chi connectivity index (χ0) is 25.0. The van der Waals surface area contributed by atoms with Gasteiger partial charge >= 0.3 is 0 Å². The predicted molar refractivity (Wildman–Crippen MR) is 137 cm³/mol. The van der Waals surface area contributed by atoms with Gasteiger partial charge in [0.2, 0.25) is 0 Å². The summed E-state index contributed by atoms with van der Waals surface area (Å²) in [5.41, 5.74) is 7.66. The van der Waals surface area contributed by atoms with Gasteiger partial charge in [0.25, 0.3) is 0 Å². The first kappa shape index (κ1) is 22.2. The van der Waals surface area contributed by atoms with Crippen LogP contribution in [0.3, 0.4) is 0 Å².